The molecular weight excluding hydrogens is 374 g/mol. The first kappa shape index (κ1) is 21.1. The largest absolute Gasteiger partial charge is 0.494 e. The number of hydrogen-bond acceptors (Lipinski definition) is 5. The minimum absolute atomic E-state index is 0.0734. The maximum Gasteiger partial charge on any atom is 0.125 e. The average Bonchev–Trinajstić information content (AvgIpc) is 3.33. The van der Waals surface area contributed by atoms with Crippen molar-refractivity contribution in [1.29, 1.82) is 0 Å². The van der Waals surface area contributed by atoms with Crippen LogP contribution < -0.4 is 10.1 Å². The molecule has 2 aliphatic rings. The van der Waals surface area contributed by atoms with Gasteiger partial charge in [0.1, 0.15) is 11.6 Å². The molecule has 0 spiro atoms. The molecule has 0 atom stereocenters. The van der Waals surface area contributed by atoms with Gasteiger partial charge >= 0.3 is 0 Å². The maximum absolute atomic E-state index is 6.01. The van der Waals surface area contributed by atoms with E-state index in [4.69, 9.17) is 9.47 Å². The molecule has 30 heavy (non-hydrogen) atoms. The number of ether oxygens (including phenoxy) is 2. The van der Waals surface area contributed by atoms with Crippen molar-refractivity contribution in [3.63, 3.8) is 0 Å². The summed E-state index contributed by atoms with van der Waals surface area (Å²) < 4.78 is 11.7. The fourth-order valence-corrected chi connectivity index (χ4v) is 4.60. The van der Waals surface area contributed by atoms with Crippen molar-refractivity contribution in [2.45, 2.75) is 43.9 Å². The van der Waals surface area contributed by atoms with Crippen molar-refractivity contribution in [2.24, 2.45) is 0 Å². The number of likely N-dealkylation sites (tertiary alicyclic amines) is 1. The highest BCUT2D eigenvalue weighted by Crippen LogP contribution is 2.36. The lowest BCUT2D eigenvalue weighted by molar-refractivity contribution is 0.0543. The molecule has 5 heteroatoms. The van der Waals surface area contributed by atoms with Crippen molar-refractivity contribution in [2.75, 3.05) is 51.3 Å². The van der Waals surface area contributed by atoms with E-state index in [0.29, 0.717) is 0 Å². The van der Waals surface area contributed by atoms with E-state index >= 15 is 0 Å². The third-order valence-electron chi connectivity index (χ3n) is 6.53. The second kappa shape index (κ2) is 10.8. The third-order valence-corrected chi connectivity index (χ3v) is 6.53. The number of pyridine rings is 1. The highest BCUT2D eigenvalue weighted by Gasteiger charge is 2.34. The summed E-state index contributed by atoms with van der Waals surface area (Å²) in [4.78, 5) is 6.98. The van der Waals surface area contributed by atoms with Gasteiger partial charge in [-0.25, -0.2) is 4.98 Å². The zero-order valence-electron chi connectivity index (χ0n) is 18.0. The standard InChI is InChI=1S/C25H35N3O2/c1-2-14-26-24(7-1)27-21-25(12-19-29-20-13-25)22-8-10-23(11-9-22)30-18-6-5-17-28-15-3-4-16-28/h1-2,7-11,14H,3-6,12-13,15-21H2,(H,26,27). The van der Waals surface area contributed by atoms with Crippen LogP contribution in [0.5, 0.6) is 5.75 Å². The molecule has 0 unspecified atom stereocenters. The highest BCUT2D eigenvalue weighted by atomic mass is 16.5. The lowest BCUT2D eigenvalue weighted by Crippen LogP contribution is -2.40. The molecule has 4 rings (SSSR count). The van der Waals surface area contributed by atoms with Crippen LogP contribution >= 0.6 is 0 Å². The van der Waals surface area contributed by atoms with Gasteiger partial charge in [-0.1, -0.05) is 18.2 Å². The first-order chi connectivity index (χ1) is 14.8. The number of anilines is 1. The Balaban J connectivity index is 1.29. The Morgan fingerprint density at radius 1 is 1.00 bits per heavy atom. The van der Waals surface area contributed by atoms with Crippen LogP contribution in [0.4, 0.5) is 5.82 Å². The van der Waals surface area contributed by atoms with Crippen LogP contribution in [-0.4, -0.2) is 55.9 Å². The molecule has 1 N–H and O–H groups in total. The smallest absolute Gasteiger partial charge is 0.125 e. The van der Waals surface area contributed by atoms with Gasteiger partial charge in [0.05, 0.1) is 6.61 Å². The van der Waals surface area contributed by atoms with Gasteiger partial charge in [0, 0.05) is 31.4 Å². The summed E-state index contributed by atoms with van der Waals surface area (Å²) in [5.41, 5.74) is 1.43. The van der Waals surface area contributed by atoms with Gasteiger partial charge in [0.2, 0.25) is 0 Å². The average molecular weight is 410 g/mol. The molecule has 0 aliphatic carbocycles. The monoisotopic (exact) mass is 409 g/mol. The van der Waals surface area contributed by atoms with Crippen molar-refractivity contribution < 1.29 is 9.47 Å². The number of aromatic nitrogens is 1. The minimum atomic E-state index is 0.0734. The number of hydrogen-bond donors (Lipinski definition) is 1. The van der Waals surface area contributed by atoms with Crippen molar-refractivity contribution in [3.8, 4) is 5.75 Å². The molecule has 2 aromatic rings. The second-order valence-corrected chi connectivity index (χ2v) is 8.59. The van der Waals surface area contributed by atoms with Gasteiger partial charge in [0.15, 0.2) is 0 Å². The van der Waals surface area contributed by atoms with E-state index < -0.39 is 0 Å². The first-order valence-electron chi connectivity index (χ1n) is 11.5. The second-order valence-electron chi connectivity index (χ2n) is 8.59. The summed E-state index contributed by atoms with van der Waals surface area (Å²) >= 11 is 0. The van der Waals surface area contributed by atoms with E-state index in [9.17, 15) is 0 Å². The van der Waals surface area contributed by atoms with Crippen LogP contribution in [0.3, 0.4) is 0 Å². The van der Waals surface area contributed by atoms with Gasteiger partial charge in [-0.05, 0) is 88.0 Å². The fraction of sp³-hybridized carbons (Fsp3) is 0.560. The summed E-state index contributed by atoms with van der Waals surface area (Å²) in [5, 5.41) is 3.54. The van der Waals surface area contributed by atoms with Crippen LogP contribution in [-0.2, 0) is 10.2 Å². The first-order valence-corrected chi connectivity index (χ1v) is 11.5. The number of unbranched alkanes of at least 4 members (excludes halogenated alkanes) is 1. The Labute approximate surface area is 180 Å². The van der Waals surface area contributed by atoms with Gasteiger partial charge in [-0.3, -0.25) is 0 Å². The van der Waals surface area contributed by atoms with E-state index in [1.165, 1.54) is 44.5 Å². The van der Waals surface area contributed by atoms with Crippen LogP contribution in [0.2, 0.25) is 0 Å². The predicted octanol–water partition coefficient (Wildman–Crippen LogP) is 4.50. The highest BCUT2D eigenvalue weighted by molar-refractivity contribution is 5.38. The topological polar surface area (TPSA) is 46.6 Å². The third kappa shape index (κ3) is 5.73. The molecule has 1 aromatic heterocycles. The molecule has 2 aliphatic heterocycles. The molecule has 0 radical (unpaired) electrons. The SMILES string of the molecule is c1ccc(NCC2(c3ccc(OCCCCN4CCCC4)cc3)CCOCC2)nc1. The van der Waals surface area contributed by atoms with Gasteiger partial charge in [0.25, 0.3) is 0 Å². The Kier molecular flexibility index (Phi) is 7.59. The van der Waals surface area contributed by atoms with E-state index in [1.54, 1.807) is 0 Å². The lowest BCUT2D eigenvalue weighted by Gasteiger charge is -2.38. The molecule has 0 amide bonds. The van der Waals surface area contributed by atoms with Crippen LogP contribution in [0.1, 0.15) is 44.1 Å². The predicted molar refractivity (Wildman–Crippen MR) is 121 cm³/mol. The van der Waals surface area contributed by atoms with Gasteiger partial charge < -0.3 is 19.7 Å². The Hall–Kier alpha value is -2.11. The van der Waals surface area contributed by atoms with Crippen LogP contribution in [0.25, 0.3) is 0 Å². The minimum Gasteiger partial charge on any atom is -0.494 e. The fourth-order valence-electron chi connectivity index (χ4n) is 4.60. The zero-order chi connectivity index (χ0) is 20.5. The molecule has 162 valence electrons. The van der Waals surface area contributed by atoms with E-state index in [2.05, 4.69) is 39.5 Å². The van der Waals surface area contributed by atoms with Crippen molar-refractivity contribution in [1.82, 2.24) is 9.88 Å². The molecule has 2 saturated heterocycles. The van der Waals surface area contributed by atoms with Crippen LogP contribution in [0.15, 0.2) is 48.7 Å². The summed E-state index contributed by atoms with van der Waals surface area (Å²) in [6.45, 7) is 7.06. The van der Waals surface area contributed by atoms with Gasteiger partial charge in [-0.2, -0.15) is 0 Å². The summed E-state index contributed by atoms with van der Waals surface area (Å²) in [5.74, 6) is 1.90. The number of nitrogens with zero attached hydrogens (tertiary/aromatic N) is 2. The zero-order valence-corrected chi connectivity index (χ0v) is 18.0. The molecule has 0 saturated carbocycles. The van der Waals surface area contributed by atoms with Crippen molar-refractivity contribution >= 4 is 5.82 Å². The number of benzene rings is 1. The van der Waals surface area contributed by atoms with Crippen LogP contribution in [0, 0.1) is 0 Å². The Bertz CT molecular complexity index is 739. The summed E-state index contributed by atoms with van der Waals surface area (Å²) in [7, 11) is 0. The van der Waals surface area contributed by atoms with E-state index in [1.807, 2.05) is 24.4 Å². The molecule has 5 nitrogen and oxygen atoms in total. The number of nitrogens with one attached hydrogen (secondary N) is 1. The van der Waals surface area contributed by atoms with E-state index in [-0.39, 0.29) is 5.41 Å². The molecule has 1 aromatic carbocycles. The van der Waals surface area contributed by atoms with Gasteiger partial charge in [-0.15, -0.1) is 0 Å². The number of rotatable bonds is 10. The summed E-state index contributed by atoms with van der Waals surface area (Å²) in [6, 6.07) is 14.7. The molecule has 0 bridgehead atoms. The molecule has 2 fully saturated rings. The molecular formula is C25H35N3O2. The summed E-state index contributed by atoms with van der Waals surface area (Å²) in [6.07, 6.45) is 8.94. The van der Waals surface area contributed by atoms with E-state index in [0.717, 1.165) is 57.2 Å². The Morgan fingerprint density at radius 2 is 1.80 bits per heavy atom. The quantitative estimate of drug-likeness (QED) is 0.586. The van der Waals surface area contributed by atoms with Crippen molar-refractivity contribution in [3.05, 3.63) is 54.2 Å². The Morgan fingerprint density at radius 3 is 2.53 bits per heavy atom. The normalized spacial score (nSPS) is 18.9. The maximum atomic E-state index is 6.01. The lowest BCUT2D eigenvalue weighted by atomic mass is 9.74. The molecule has 3 heterocycles.